The summed E-state index contributed by atoms with van der Waals surface area (Å²) in [4.78, 5) is 12.8. The Balaban J connectivity index is 1.66. The molecule has 0 unspecified atom stereocenters. The molecule has 0 radical (unpaired) electrons. The number of alkyl halides is 3. The molecule has 1 saturated carbocycles. The van der Waals surface area contributed by atoms with Gasteiger partial charge in [0.1, 0.15) is 5.01 Å². The molecular weight excluding hydrogens is 403 g/mol. The highest BCUT2D eigenvalue weighted by atomic mass is 32.1. The number of hydrogen-bond acceptors (Lipinski definition) is 5. The van der Waals surface area contributed by atoms with Gasteiger partial charge in [0.25, 0.3) is 5.91 Å². The summed E-state index contributed by atoms with van der Waals surface area (Å²) >= 11 is 1.30. The van der Waals surface area contributed by atoms with Crippen LogP contribution < -0.4 is 5.32 Å². The van der Waals surface area contributed by atoms with Crippen LogP contribution in [0.5, 0.6) is 0 Å². The van der Waals surface area contributed by atoms with Crippen LogP contribution in [0.2, 0.25) is 0 Å². The lowest BCUT2D eigenvalue weighted by atomic mass is 10.1. The first-order valence-corrected chi connectivity index (χ1v) is 9.96. The fourth-order valence-corrected chi connectivity index (χ4v) is 3.73. The number of aromatic nitrogens is 4. The van der Waals surface area contributed by atoms with Crippen molar-refractivity contribution in [1.82, 2.24) is 20.0 Å². The smallest absolute Gasteiger partial charge is 0.296 e. The van der Waals surface area contributed by atoms with Crippen molar-refractivity contribution in [3.8, 4) is 5.69 Å². The van der Waals surface area contributed by atoms with Crippen molar-refractivity contribution in [2.75, 3.05) is 5.32 Å². The van der Waals surface area contributed by atoms with Crippen LogP contribution in [-0.4, -0.2) is 25.9 Å². The van der Waals surface area contributed by atoms with Gasteiger partial charge in [-0.05, 0) is 31.0 Å². The van der Waals surface area contributed by atoms with Crippen LogP contribution in [0.3, 0.4) is 0 Å². The Hall–Kier alpha value is -2.75. The van der Waals surface area contributed by atoms with E-state index in [0.29, 0.717) is 16.4 Å². The molecule has 0 spiro atoms. The van der Waals surface area contributed by atoms with E-state index in [0.717, 1.165) is 30.0 Å². The molecule has 0 saturated heterocycles. The van der Waals surface area contributed by atoms with E-state index in [4.69, 9.17) is 0 Å². The molecule has 0 bridgehead atoms. The van der Waals surface area contributed by atoms with Crippen molar-refractivity contribution >= 4 is 22.4 Å². The van der Waals surface area contributed by atoms with Crippen molar-refractivity contribution < 1.29 is 18.0 Å². The zero-order chi connectivity index (χ0) is 20.8. The molecule has 4 rings (SSSR count). The highest BCUT2D eigenvalue weighted by molar-refractivity contribution is 7.15. The molecule has 6 nitrogen and oxygen atoms in total. The molecule has 0 atom stereocenters. The second-order valence-electron chi connectivity index (χ2n) is 7.23. The predicted molar refractivity (Wildman–Crippen MR) is 102 cm³/mol. The van der Waals surface area contributed by atoms with Gasteiger partial charge >= 0.3 is 6.18 Å². The molecule has 1 amide bonds. The first-order chi connectivity index (χ1) is 13.7. The van der Waals surface area contributed by atoms with Gasteiger partial charge in [0.2, 0.25) is 5.13 Å². The molecular formula is C19H18F3N5OS. The van der Waals surface area contributed by atoms with Gasteiger partial charge in [-0.25, -0.2) is 4.68 Å². The number of carbonyl (C=O) groups is 1. The molecule has 1 N–H and O–H groups in total. The Kier molecular flexibility index (Phi) is 4.89. The average Bonchev–Trinajstić information content (AvgIpc) is 3.22. The zero-order valence-corrected chi connectivity index (χ0v) is 16.5. The van der Waals surface area contributed by atoms with Gasteiger partial charge in [-0.3, -0.25) is 10.1 Å². The molecule has 10 heteroatoms. The minimum atomic E-state index is -4.45. The van der Waals surface area contributed by atoms with E-state index in [2.05, 4.69) is 20.6 Å². The molecule has 152 valence electrons. The number of amides is 1. The first-order valence-electron chi connectivity index (χ1n) is 9.14. The number of rotatable bonds is 5. The molecule has 0 aliphatic heterocycles. The number of anilines is 1. The second kappa shape index (κ2) is 7.25. The molecule has 2 heterocycles. The van der Waals surface area contributed by atoms with Crippen molar-refractivity contribution in [1.29, 1.82) is 0 Å². The van der Waals surface area contributed by atoms with Crippen LogP contribution in [0.25, 0.3) is 5.69 Å². The molecule has 1 aliphatic carbocycles. The van der Waals surface area contributed by atoms with E-state index >= 15 is 0 Å². The van der Waals surface area contributed by atoms with Gasteiger partial charge in [0, 0.05) is 11.8 Å². The molecule has 1 aromatic carbocycles. The lowest BCUT2D eigenvalue weighted by Crippen LogP contribution is -2.14. The van der Waals surface area contributed by atoms with Gasteiger partial charge in [-0.15, -0.1) is 10.2 Å². The summed E-state index contributed by atoms with van der Waals surface area (Å²) in [5, 5.41) is 16.2. The largest absolute Gasteiger partial charge is 0.416 e. The number of benzene rings is 1. The number of halogens is 3. The topological polar surface area (TPSA) is 72.7 Å². The van der Waals surface area contributed by atoms with E-state index in [1.54, 1.807) is 6.07 Å². The third-order valence-electron chi connectivity index (χ3n) is 4.59. The maximum absolute atomic E-state index is 13.1. The summed E-state index contributed by atoms with van der Waals surface area (Å²) < 4.78 is 40.7. The summed E-state index contributed by atoms with van der Waals surface area (Å²) in [6, 6.07) is 4.94. The third kappa shape index (κ3) is 4.02. The maximum Gasteiger partial charge on any atom is 0.416 e. The van der Waals surface area contributed by atoms with Crippen LogP contribution in [0.4, 0.5) is 18.3 Å². The minimum absolute atomic E-state index is 0.0911. The van der Waals surface area contributed by atoms with E-state index in [-0.39, 0.29) is 17.5 Å². The predicted octanol–water partition coefficient (Wildman–Crippen LogP) is 5.00. The van der Waals surface area contributed by atoms with Crippen molar-refractivity contribution in [2.45, 2.75) is 44.7 Å². The molecule has 1 aliphatic rings. The molecule has 2 aromatic heterocycles. The van der Waals surface area contributed by atoms with Gasteiger partial charge in [-0.1, -0.05) is 31.3 Å². The summed E-state index contributed by atoms with van der Waals surface area (Å²) in [6.07, 6.45) is -1.33. The fraction of sp³-hybridized carbons (Fsp3) is 0.368. The summed E-state index contributed by atoms with van der Waals surface area (Å²) in [5.41, 5.74) is 0.480. The van der Waals surface area contributed by atoms with Crippen LogP contribution in [0.15, 0.2) is 30.5 Å². The van der Waals surface area contributed by atoms with Gasteiger partial charge < -0.3 is 0 Å². The highest BCUT2D eigenvalue weighted by Gasteiger charge is 2.34. The van der Waals surface area contributed by atoms with Crippen LogP contribution >= 0.6 is 11.3 Å². The van der Waals surface area contributed by atoms with Crippen LogP contribution in [0, 0.1) is 0 Å². The standard InChI is InChI=1S/C19H18F3N5OS/c1-10(2)17-25-26-18(29-17)24-16(28)14-9-23-27(15(14)11-6-7-11)13-5-3-4-12(8-13)19(20,21)22/h3-5,8-11H,6-7H2,1-2H3,(H,24,26,28). The normalized spacial score (nSPS) is 14.4. The Morgan fingerprint density at radius 2 is 2.03 bits per heavy atom. The first kappa shape index (κ1) is 19.6. The van der Waals surface area contributed by atoms with Gasteiger partial charge in [-0.2, -0.15) is 18.3 Å². The summed E-state index contributed by atoms with van der Waals surface area (Å²) in [7, 11) is 0. The summed E-state index contributed by atoms with van der Waals surface area (Å²) in [5.74, 6) is -0.103. The number of nitrogens with one attached hydrogen (secondary N) is 1. The third-order valence-corrected chi connectivity index (χ3v) is 5.73. The van der Waals surface area contributed by atoms with Crippen molar-refractivity contribution in [3.63, 3.8) is 0 Å². The monoisotopic (exact) mass is 421 g/mol. The maximum atomic E-state index is 13.1. The Morgan fingerprint density at radius 1 is 1.28 bits per heavy atom. The lowest BCUT2D eigenvalue weighted by molar-refractivity contribution is -0.137. The average molecular weight is 421 g/mol. The zero-order valence-electron chi connectivity index (χ0n) is 15.7. The second-order valence-corrected chi connectivity index (χ2v) is 8.24. The lowest BCUT2D eigenvalue weighted by Gasteiger charge is -2.12. The SMILES string of the molecule is CC(C)c1nnc(NC(=O)c2cnn(-c3cccc(C(F)(F)F)c3)c2C2CC2)s1. The molecule has 3 aromatic rings. The number of hydrogen-bond donors (Lipinski definition) is 1. The Bertz CT molecular complexity index is 1050. The Morgan fingerprint density at radius 3 is 2.66 bits per heavy atom. The van der Waals surface area contributed by atoms with E-state index in [9.17, 15) is 18.0 Å². The number of carbonyl (C=O) groups excluding carboxylic acids is 1. The van der Waals surface area contributed by atoms with E-state index in [1.807, 2.05) is 13.8 Å². The molecule has 29 heavy (non-hydrogen) atoms. The van der Waals surface area contributed by atoms with E-state index < -0.39 is 17.6 Å². The van der Waals surface area contributed by atoms with Crippen LogP contribution in [-0.2, 0) is 6.18 Å². The number of nitrogens with zero attached hydrogens (tertiary/aromatic N) is 4. The van der Waals surface area contributed by atoms with E-state index in [1.165, 1.54) is 28.3 Å². The minimum Gasteiger partial charge on any atom is -0.296 e. The fourth-order valence-electron chi connectivity index (χ4n) is 2.99. The van der Waals surface area contributed by atoms with Crippen LogP contribution in [0.1, 0.15) is 65.1 Å². The highest BCUT2D eigenvalue weighted by Crippen LogP contribution is 2.43. The quantitative estimate of drug-likeness (QED) is 0.630. The van der Waals surface area contributed by atoms with Crippen molar-refractivity contribution in [2.24, 2.45) is 0 Å². The van der Waals surface area contributed by atoms with Crippen molar-refractivity contribution in [3.05, 3.63) is 52.3 Å². The van der Waals surface area contributed by atoms with Gasteiger partial charge in [0.15, 0.2) is 0 Å². The summed E-state index contributed by atoms with van der Waals surface area (Å²) in [6.45, 7) is 3.97. The van der Waals surface area contributed by atoms with Gasteiger partial charge in [0.05, 0.1) is 28.7 Å². The Labute approximate surface area is 168 Å². The molecule has 1 fully saturated rings.